The minimum atomic E-state index is -0.199. The lowest BCUT2D eigenvalue weighted by atomic mass is 10.1. The fraction of sp³-hybridized carbons (Fsp3) is 0.333. The summed E-state index contributed by atoms with van der Waals surface area (Å²) >= 11 is 0. The number of nitrogens with one attached hydrogen (secondary N) is 1. The largest absolute Gasteiger partial charge is 0.308 e. The van der Waals surface area contributed by atoms with Crippen LogP contribution in [0.5, 0.6) is 0 Å². The van der Waals surface area contributed by atoms with Gasteiger partial charge in [-0.25, -0.2) is 14.4 Å². The third-order valence-corrected chi connectivity index (χ3v) is 3.28. The van der Waals surface area contributed by atoms with E-state index in [1.165, 1.54) is 18.9 Å². The lowest BCUT2D eigenvalue weighted by Crippen LogP contribution is -2.16. The van der Waals surface area contributed by atoms with Crippen LogP contribution in [-0.4, -0.2) is 16.0 Å². The number of hydrogen-bond donors (Lipinski definition) is 1. The molecule has 1 aliphatic carbocycles. The maximum Gasteiger partial charge on any atom is 0.159 e. The second-order valence-corrected chi connectivity index (χ2v) is 4.99. The number of nitrogens with zero attached hydrogens (tertiary/aromatic N) is 2. The van der Waals surface area contributed by atoms with Crippen LogP contribution >= 0.6 is 0 Å². The van der Waals surface area contributed by atoms with Crippen LogP contribution in [0.25, 0.3) is 11.4 Å². The van der Waals surface area contributed by atoms with E-state index in [2.05, 4.69) is 15.3 Å². The van der Waals surface area contributed by atoms with E-state index in [1.807, 2.05) is 6.07 Å². The highest BCUT2D eigenvalue weighted by Gasteiger charge is 2.20. The molecular weight excluding hydrogens is 241 g/mol. The van der Waals surface area contributed by atoms with Gasteiger partial charge in [-0.15, -0.1) is 0 Å². The molecule has 1 aromatic carbocycles. The molecule has 1 N–H and O–H groups in total. The maximum atomic E-state index is 13.3. The van der Waals surface area contributed by atoms with E-state index in [0.717, 1.165) is 17.8 Å². The van der Waals surface area contributed by atoms with Gasteiger partial charge in [0.25, 0.3) is 0 Å². The van der Waals surface area contributed by atoms with Gasteiger partial charge in [0, 0.05) is 24.3 Å². The quantitative estimate of drug-likeness (QED) is 0.915. The van der Waals surface area contributed by atoms with Gasteiger partial charge in [0.1, 0.15) is 5.82 Å². The van der Waals surface area contributed by atoms with Crippen LogP contribution in [0.3, 0.4) is 0 Å². The Kier molecular flexibility index (Phi) is 3.25. The van der Waals surface area contributed by atoms with Crippen molar-refractivity contribution in [1.82, 2.24) is 15.3 Å². The molecule has 0 aliphatic heterocycles. The first kappa shape index (κ1) is 12.2. The van der Waals surface area contributed by atoms with Gasteiger partial charge in [0.2, 0.25) is 0 Å². The van der Waals surface area contributed by atoms with E-state index in [1.54, 1.807) is 25.3 Å². The molecule has 3 nitrogen and oxygen atoms in total. The Hall–Kier alpha value is -1.81. The van der Waals surface area contributed by atoms with E-state index in [9.17, 15) is 4.39 Å². The molecule has 4 heteroatoms. The fourth-order valence-electron chi connectivity index (χ4n) is 1.95. The van der Waals surface area contributed by atoms with Crippen LogP contribution in [-0.2, 0) is 6.54 Å². The molecule has 1 aromatic heterocycles. The van der Waals surface area contributed by atoms with Crippen molar-refractivity contribution in [1.29, 1.82) is 0 Å². The molecule has 0 atom stereocenters. The van der Waals surface area contributed by atoms with Crippen molar-refractivity contribution >= 4 is 0 Å². The first-order valence-electron chi connectivity index (χ1n) is 6.54. The van der Waals surface area contributed by atoms with E-state index in [-0.39, 0.29) is 5.82 Å². The summed E-state index contributed by atoms with van der Waals surface area (Å²) in [4.78, 5) is 8.78. The molecule has 0 saturated heterocycles. The molecule has 1 aliphatic rings. The lowest BCUT2D eigenvalue weighted by Gasteiger charge is -2.06. The lowest BCUT2D eigenvalue weighted by molar-refractivity contribution is 0.618. The van der Waals surface area contributed by atoms with Crippen molar-refractivity contribution in [2.24, 2.45) is 0 Å². The number of halogens is 1. The van der Waals surface area contributed by atoms with Gasteiger partial charge in [0.05, 0.1) is 5.69 Å². The third-order valence-electron chi connectivity index (χ3n) is 3.28. The van der Waals surface area contributed by atoms with Crippen molar-refractivity contribution in [3.05, 3.63) is 47.5 Å². The van der Waals surface area contributed by atoms with Gasteiger partial charge in [-0.3, -0.25) is 0 Å². The predicted octanol–water partition coefficient (Wildman–Crippen LogP) is 2.84. The first-order chi connectivity index (χ1) is 9.22. The summed E-state index contributed by atoms with van der Waals surface area (Å²) < 4.78 is 13.3. The Morgan fingerprint density at radius 1 is 1.32 bits per heavy atom. The number of rotatable bonds is 4. The smallest absolute Gasteiger partial charge is 0.159 e. The molecule has 0 amide bonds. The number of aromatic nitrogens is 2. The monoisotopic (exact) mass is 257 g/mol. The van der Waals surface area contributed by atoms with Crippen molar-refractivity contribution in [3.8, 4) is 11.4 Å². The Morgan fingerprint density at radius 2 is 2.16 bits per heavy atom. The molecule has 2 aromatic rings. The van der Waals surface area contributed by atoms with Crippen molar-refractivity contribution < 1.29 is 4.39 Å². The Morgan fingerprint density at radius 3 is 2.89 bits per heavy atom. The molecule has 0 radical (unpaired) electrons. The van der Waals surface area contributed by atoms with Crippen LogP contribution in [0.4, 0.5) is 4.39 Å². The summed E-state index contributed by atoms with van der Waals surface area (Å²) in [5, 5.41) is 3.42. The van der Waals surface area contributed by atoms with Crippen molar-refractivity contribution in [2.75, 3.05) is 0 Å². The summed E-state index contributed by atoms with van der Waals surface area (Å²) in [7, 11) is 0. The molecule has 1 saturated carbocycles. The molecule has 1 heterocycles. The zero-order valence-corrected chi connectivity index (χ0v) is 10.9. The van der Waals surface area contributed by atoms with Crippen LogP contribution in [0.2, 0.25) is 0 Å². The van der Waals surface area contributed by atoms with Gasteiger partial charge in [-0.1, -0.05) is 0 Å². The standard InChI is InChI=1S/C15H16FN3/c1-10-8-11(2-5-14(10)16)15-17-7-6-13(19-15)9-18-12-3-4-12/h2,5-8,12,18H,3-4,9H2,1H3. The van der Waals surface area contributed by atoms with Crippen LogP contribution in [0.15, 0.2) is 30.5 Å². The molecule has 98 valence electrons. The Balaban J connectivity index is 1.82. The molecular formula is C15H16FN3. The Bertz CT molecular complexity index is 594. The second-order valence-electron chi connectivity index (χ2n) is 4.99. The second kappa shape index (κ2) is 5.05. The fourth-order valence-corrected chi connectivity index (χ4v) is 1.95. The average Bonchev–Trinajstić information content (AvgIpc) is 3.24. The highest BCUT2D eigenvalue weighted by atomic mass is 19.1. The summed E-state index contributed by atoms with van der Waals surface area (Å²) in [6.07, 6.45) is 4.27. The zero-order valence-electron chi connectivity index (χ0n) is 10.9. The van der Waals surface area contributed by atoms with E-state index in [4.69, 9.17) is 0 Å². The number of benzene rings is 1. The summed E-state index contributed by atoms with van der Waals surface area (Å²) in [6, 6.07) is 7.53. The zero-order chi connectivity index (χ0) is 13.2. The van der Waals surface area contributed by atoms with E-state index >= 15 is 0 Å². The van der Waals surface area contributed by atoms with Gasteiger partial charge >= 0.3 is 0 Å². The molecule has 1 fully saturated rings. The van der Waals surface area contributed by atoms with Gasteiger partial charge < -0.3 is 5.32 Å². The first-order valence-corrected chi connectivity index (χ1v) is 6.54. The molecule has 3 rings (SSSR count). The predicted molar refractivity (Wildman–Crippen MR) is 72.0 cm³/mol. The average molecular weight is 257 g/mol. The van der Waals surface area contributed by atoms with E-state index in [0.29, 0.717) is 17.4 Å². The molecule has 0 bridgehead atoms. The van der Waals surface area contributed by atoms with Crippen molar-refractivity contribution in [3.63, 3.8) is 0 Å². The third kappa shape index (κ3) is 2.96. The van der Waals surface area contributed by atoms with Crippen molar-refractivity contribution in [2.45, 2.75) is 32.4 Å². The van der Waals surface area contributed by atoms with Gasteiger partial charge in [-0.05, 0) is 49.6 Å². The van der Waals surface area contributed by atoms with E-state index < -0.39 is 0 Å². The maximum absolute atomic E-state index is 13.3. The van der Waals surface area contributed by atoms with Crippen LogP contribution in [0.1, 0.15) is 24.1 Å². The normalized spacial score (nSPS) is 14.6. The van der Waals surface area contributed by atoms with Gasteiger partial charge in [-0.2, -0.15) is 0 Å². The molecule has 0 unspecified atom stereocenters. The number of hydrogen-bond acceptors (Lipinski definition) is 3. The van der Waals surface area contributed by atoms with Crippen LogP contribution < -0.4 is 5.32 Å². The minimum Gasteiger partial charge on any atom is -0.308 e. The Labute approximate surface area is 111 Å². The minimum absolute atomic E-state index is 0.199. The summed E-state index contributed by atoms with van der Waals surface area (Å²) in [5.41, 5.74) is 2.44. The SMILES string of the molecule is Cc1cc(-c2nccc(CNC3CC3)n2)ccc1F. The highest BCUT2D eigenvalue weighted by Crippen LogP contribution is 2.20. The molecule has 19 heavy (non-hydrogen) atoms. The highest BCUT2D eigenvalue weighted by molar-refractivity contribution is 5.56. The van der Waals surface area contributed by atoms with Crippen LogP contribution in [0, 0.1) is 12.7 Å². The molecule has 0 spiro atoms. The number of aryl methyl sites for hydroxylation is 1. The topological polar surface area (TPSA) is 37.8 Å². The summed E-state index contributed by atoms with van der Waals surface area (Å²) in [5.74, 6) is 0.452. The van der Waals surface area contributed by atoms with Gasteiger partial charge in [0.15, 0.2) is 5.82 Å². The summed E-state index contributed by atoms with van der Waals surface area (Å²) in [6.45, 7) is 2.51.